The van der Waals surface area contributed by atoms with Gasteiger partial charge < -0.3 is 19.8 Å². The van der Waals surface area contributed by atoms with Crippen LogP contribution in [0.4, 0.5) is 11.6 Å². The fraction of sp³-hybridized carbons (Fsp3) is 0.600. The summed E-state index contributed by atoms with van der Waals surface area (Å²) in [6.07, 6.45) is 2.10. The molecule has 0 N–H and O–H groups in total. The number of anilines is 1. The van der Waals surface area contributed by atoms with Gasteiger partial charge in [-0.2, -0.15) is 0 Å². The summed E-state index contributed by atoms with van der Waals surface area (Å²) >= 11 is 0. The van der Waals surface area contributed by atoms with Crippen molar-refractivity contribution in [2.24, 2.45) is 7.05 Å². The zero-order valence-corrected chi connectivity index (χ0v) is 10.6. The molecule has 0 amide bonds. The van der Waals surface area contributed by atoms with Gasteiger partial charge in [0.05, 0.1) is 7.11 Å². The summed E-state index contributed by atoms with van der Waals surface area (Å²) < 4.78 is 6.11. The standard InChI is InChI=1S/C10H16N4O4/c1-4-5-13(6-8(15)18-3)10-9(14(16)17)11-7-12(10)2/h7H,4-6H2,1-3H3. The van der Waals surface area contributed by atoms with Crippen LogP contribution in [-0.4, -0.2) is 40.6 Å². The van der Waals surface area contributed by atoms with Gasteiger partial charge in [0, 0.05) is 13.6 Å². The summed E-state index contributed by atoms with van der Waals surface area (Å²) in [6, 6.07) is 0. The van der Waals surface area contributed by atoms with Crippen LogP contribution in [0.15, 0.2) is 6.33 Å². The summed E-state index contributed by atoms with van der Waals surface area (Å²) in [7, 11) is 2.93. The second-order valence-corrected chi connectivity index (χ2v) is 3.76. The van der Waals surface area contributed by atoms with Crippen LogP contribution in [0, 0.1) is 10.1 Å². The number of aryl methyl sites for hydroxylation is 1. The molecule has 8 heteroatoms. The number of carbonyl (C=O) groups is 1. The van der Waals surface area contributed by atoms with E-state index in [0.29, 0.717) is 12.4 Å². The number of aromatic nitrogens is 2. The monoisotopic (exact) mass is 256 g/mol. The van der Waals surface area contributed by atoms with Gasteiger partial charge in [-0.3, -0.25) is 9.36 Å². The van der Waals surface area contributed by atoms with E-state index in [9.17, 15) is 14.9 Å². The Hall–Kier alpha value is -2.12. The van der Waals surface area contributed by atoms with Crippen molar-refractivity contribution in [1.29, 1.82) is 0 Å². The second kappa shape index (κ2) is 5.99. The third-order valence-electron chi connectivity index (χ3n) is 2.40. The maximum atomic E-state index is 11.3. The van der Waals surface area contributed by atoms with Gasteiger partial charge in [-0.25, -0.2) is 0 Å². The maximum absolute atomic E-state index is 11.3. The fourth-order valence-electron chi connectivity index (χ4n) is 1.65. The third kappa shape index (κ3) is 2.96. The molecule has 0 atom stereocenters. The van der Waals surface area contributed by atoms with E-state index in [1.54, 1.807) is 11.9 Å². The van der Waals surface area contributed by atoms with Crippen molar-refractivity contribution >= 4 is 17.6 Å². The summed E-state index contributed by atoms with van der Waals surface area (Å²) in [5.74, 6) is -0.388. The van der Waals surface area contributed by atoms with Crippen LogP contribution in [-0.2, 0) is 16.6 Å². The number of methoxy groups -OCH3 is 1. The Morgan fingerprint density at radius 3 is 2.83 bits per heavy atom. The Balaban J connectivity index is 3.08. The third-order valence-corrected chi connectivity index (χ3v) is 2.40. The highest BCUT2D eigenvalue weighted by molar-refractivity contribution is 5.76. The van der Waals surface area contributed by atoms with Crippen LogP contribution in [0.3, 0.4) is 0 Å². The van der Waals surface area contributed by atoms with Crippen LogP contribution in [0.2, 0.25) is 0 Å². The highest BCUT2D eigenvalue weighted by Gasteiger charge is 2.26. The molecule has 0 saturated carbocycles. The zero-order valence-electron chi connectivity index (χ0n) is 10.6. The average Bonchev–Trinajstić information content (AvgIpc) is 2.70. The molecule has 0 spiro atoms. The Bertz CT molecular complexity index is 443. The molecule has 0 aliphatic carbocycles. The molecule has 0 aromatic carbocycles. The molecule has 1 aromatic rings. The van der Waals surface area contributed by atoms with E-state index in [2.05, 4.69) is 9.72 Å². The van der Waals surface area contributed by atoms with Crippen LogP contribution in [0.25, 0.3) is 0 Å². The highest BCUT2D eigenvalue weighted by atomic mass is 16.6. The lowest BCUT2D eigenvalue weighted by Crippen LogP contribution is -2.33. The molecule has 8 nitrogen and oxygen atoms in total. The minimum Gasteiger partial charge on any atom is -0.468 e. The normalized spacial score (nSPS) is 10.2. The number of rotatable bonds is 6. The summed E-state index contributed by atoms with van der Waals surface area (Å²) in [4.78, 5) is 27.0. The van der Waals surface area contributed by atoms with Crippen molar-refractivity contribution in [3.05, 3.63) is 16.4 Å². The van der Waals surface area contributed by atoms with Crippen LogP contribution in [0.1, 0.15) is 13.3 Å². The summed E-state index contributed by atoms with van der Waals surface area (Å²) in [5.41, 5.74) is 0. The minimum atomic E-state index is -0.560. The molecule has 0 radical (unpaired) electrons. The molecule has 1 heterocycles. The van der Waals surface area contributed by atoms with Gasteiger partial charge in [0.2, 0.25) is 12.1 Å². The molecule has 1 aromatic heterocycles. The number of hydrogen-bond donors (Lipinski definition) is 0. The van der Waals surface area contributed by atoms with Crippen LogP contribution in [0.5, 0.6) is 0 Å². The first-order valence-corrected chi connectivity index (χ1v) is 5.48. The molecule has 1 rings (SSSR count). The van der Waals surface area contributed by atoms with Gasteiger partial charge >= 0.3 is 11.8 Å². The summed E-state index contributed by atoms with van der Waals surface area (Å²) in [5, 5.41) is 10.9. The molecular weight excluding hydrogens is 240 g/mol. The lowest BCUT2D eigenvalue weighted by Gasteiger charge is -2.21. The van der Waals surface area contributed by atoms with Crippen molar-refractivity contribution in [1.82, 2.24) is 9.55 Å². The van der Waals surface area contributed by atoms with E-state index >= 15 is 0 Å². The van der Waals surface area contributed by atoms with Gasteiger partial charge in [0.1, 0.15) is 6.54 Å². The van der Waals surface area contributed by atoms with Crippen molar-refractivity contribution in [2.45, 2.75) is 13.3 Å². The smallest absolute Gasteiger partial charge is 0.406 e. The van der Waals surface area contributed by atoms with Gasteiger partial charge in [0.15, 0.2) is 0 Å². The quantitative estimate of drug-likeness (QED) is 0.423. The highest BCUT2D eigenvalue weighted by Crippen LogP contribution is 2.25. The first-order valence-electron chi connectivity index (χ1n) is 5.48. The topological polar surface area (TPSA) is 90.5 Å². The molecule has 0 saturated heterocycles. The van der Waals surface area contributed by atoms with Crippen molar-refractivity contribution in [2.75, 3.05) is 25.1 Å². The number of ether oxygens (including phenoxy) is 1. The van der Waals surface area contributed by atoms with E-state index in [-0.39, 0.29) is 12.4 Å². The zero-order chi connectivity index (χ0) is 13.7. The first kappa shape index (κ1) is 13.9. The lowest BCUT2D eigenvalue weighted by atomic mass is 10.4. The SMILES string of the molecule is CCCN(CC(=O)OC)c1c([N+](=O)[O-])ncn1C. The second-order valence-electron chi connectivity index (χ2n) is 3.76. The predicted octanol–water partition coefficient (Wildman–Crippen LogP) is 0.718. The van der Waals surface area contributed by atoms with Gasteiger partial charge in [-0.05, 0) is 16.3 Å². The van der Waals surface area contributed by atoms with Gasteiger partial charge in [-0.1, -0.05) is 6.92 Å². The maximum Gasteiger partial charge on any atom is 0.406 e. The Labute approximate surface area is 104 Å². The molecule has 0 aliphatic heterocycles. The molecule has 18 heavy (non-hydrogen) atoms. The number of hydrogen-bond acceptors (Lipinski definition) is 6. The molecule has 0 aliphatic rings. The average molecular weight is 256 g/mol. The van der Waals surface area contributed by atoms with E-state index < -0.39 is 10.9 Å². The van der Waals surface area contributed by atoms with Crippen molar-refractivity contribution in [3.8, 4) is 0 Å². The predicted molar refractivity (Wildman–Crippen MR) is 64.4 cm³/mol. The van der Waals surface area contributed by atoms with Crippen LogP contribution < -0.4 is 4.90 Å². The van der Waals surface area contributed by atoms with E-state index in [1.165, 1.54) is 18.0 Å². The molecule has 0 unspecified atom stereocenters. The number of nitro groups is 1. The minimum absolute atomic E-state index is 0.0370. The number of nitrogens with zero attached hydrogens (tertiary/aromatic N) is 4. The Kier molecular flexibility index (Phi) is 4.64. The lowest BCUT2D eigenvalue weighted by molar-refractivity contribution is -0.388. The van der Waals surface area contributed by atoms with Gasteiger partial charge in [-0.15, -0.1) is 0 Å². The number of esters is 1. The molecular formula is C10H16N4O4. The molecule has 0 fully saturated rings. The van der Waals surface area contributed by atoms with E-state index in [0.717, 1.165) is 6.42 Å². The Morgan fingerprint density at radius 1 is 1.67 bits per heavy atom. The fourth-order valence-corrected chi connectivity index (χ4v) is 1.65. The Morgan fingerprint density at radius 2 is 2.33 bits per heavy atom. The molecule has 100 valence electrons. The van der Waals surface area contributed by atoms with Crippen LogP contribution >= 0.6 is 0 Å². The van der Waals surface area contributed by atoms with Gasteiger partial charge in [0.25, 0.3) is 0 Å². The first-order chi connectivity index (χ1) is 8.51. The number of carbonyl (C=O) groups excluding carboxylic acids is 1. The molecule has 0 bridgehead atoms. The number of imidazole rings is 1. The van der Waals surface area contributed by atoms with Crippen molar-refractivity contribution in [3.63, 3.8) is 0 Å². The summed E-state index contributed by atoms with van der Waals surface area (Å²) in [6.45, 7) is 2.40. The largest absolute Gasteiger partial charge is 0.468 e. The van der Waals surface area contributed by atoms with E-state index in [1.807, 2.05) is 6.92 Å². The van der Waals surface area contributed by atoms with E-state index in [4.69, 9.17) is 0 Å². The van der Waals surface area contributed by atoms with Crippen molar-refractivity contribution < 1.29 is 14.5 Å².